The van der Waals surface area contributed by atoms with Gasteiger partial charge >= 0.3 is 0 Å². The van der Waals surface area contributed by atoms with Crippen molar-refractivity contribution in [3.63, 3.8) is 0 Å². The first-order chi connectivity index (χ1) is 17.5. The van der Waals surface area contributed by atoms with Gasteiger partial charge in [-0.05, 0) is 69.2 Å². The number of nitrogen functional groups attached to an aromatic ring is 1. The van der Waals surface area contributed by atoms with E-state index in [-0.39, 0.29) is 11.7 Å². The van der Waals surface area contributed by atoms with Crippen LogP contribution in [0.4, 0.5) is 10.2 Å². The Morgan fingerprint density at radius 1 is 1.14 bits per heavy atom. The van der Waals surface area contributed by atoms with Gasteiger partial charge in [-0.25, -0.2) is 9.37 Å². The summed E-state index contributed by atoms with van der Waals surface area (Å²) in [4.78, 5) is 4.52. The molecule has 3 aromatic heterocycles. The number of nitrogens with zero attached hydrogens (tertiary/aromatic N) is 5. The number of benzene rings is 1. The molecule has 7 nitrogen and oxygen atoms in total. The highest BCUT2D eigenvalue weighted by molar-refractivity contribution is 5.75. The summed E-state index contributed by atoms with van der Waals surface area (Å²) in [6.45, 7) is 2.81. The predicted molar refractivity (Wildman–Crippen MR) is 135 cm³/mol. The molecule has 1 fully saturated rings. The molecule has 2 atom stereocenters. The molecule has 3 aliphatic rings. The van der Waals surface area contributed by atoms with Crippen molar-refractivity contribution >= 4 is 5.82 Å². The Hall–Kier alpha value is -3.68. The van der Waals surface area contributed by atoms with Crippen LogP contribution in [-0.4, -0.2) is 24.5 Å². The monoisotopic (exact) mass is 484 g/mol. The molecule has 8 heteroatoms. The molecule has 0 radical (unpaired) electrons. The smallest absolute Gasteiger partial charge is 0.166 e. The highest BCUT2D eigenvalue weighted by atomic mass is 19.1. The third-order valence-corrected chi connectivity index (χ3v) is 7.85. The second-order valence-corrected chi connectivity index (χ2v) is 10.5. The van der Waals surface area contributed by atoms with Crippen LogP contribution in [0.1, 0.15) is 67.1 Å². The van der Waals surface area contributed by atoms with E-state index in [1.165, 1.54) is 24.6 Å². The Labute approximate surface area is 209 Å². The zero-order valence-corrected chi connectivity index (χ0v) is 20.5. The minimum atomic E-state index is -0.455. The first kappa shape index (κ1) is 21.6. The van der Waals surface area contributed by atoms with Crippen LogP contribution in [0.5, 0.6) is 5.75 Å². The SMILES string of the molecule is C[C@H]1Oc2cc(cnc2N)-c2c(CC3CC3)nn3c2[C@H](CCC3)c2cn(C)nc2-c2ccc(F)cc21. The second-order valence-electron chi connectivity index (χ2n) is 10.5. The van der Waals surface area contributed by atoms with Gasteiger partial charge in [0.15, 0.2) is 11.6 Å². The highest BCUT2D eigenvalue weighted by Crippen LogP contribution is 2.47. The third kappa shape index (κ3) is 3.42. The topological polar surface area (TPSA) is 83.8 Å². The van der Waals surface area contributed by atoms with E-state index in [9.17, 15) is 4.39 Å². The van der Waals surface area contributed by atoms with Gasteiger partial charge in [0.2, 0.25) is 0 Å². The van der Waals surface area contributed by atoms with Gasteiger partial charge in [-0.1, -0.05) is 0 Å². The van der Waals surface area contributed by atoms with E-state index in [4.69, 9.17) is 20.7 Å². The number of aromatic nitrogens is 5. The Bertz CT molecular complexity index is 1500. The number of aryl methyl sites for hydroxylation is 2. The van der Waals surface area contributed by atoms with Crippen LogP contribution in [0.15, 0.2) is 36.7 Å². The number of nitrogens with two attached hydrogens (primary N) is 1. The first-order valence-electron chi connectivity index (χ1n) is 12.8. The molecule has 0 saturated heterocycles. The Morgan fingerprint density at radius 3 is 2.83 bits per heavy atom. The van der Waals surface area contributed by atoms with E-state index in [1.807, 2.05) is 37.0 Å². The maximum atomic E-state index is 14.5. The van der Waals surface area contributed by atoms with Crippen LogP contribution in [0, 0.1) is 11.7 Å². The zero-order valence-electron chi connectivity index (χ0n) is 20.5. The van der Waals surface area contributed by atoms with Gasteiger partial charge in [-0.3, -0.25) is 9.36 Å². The molecule has 0 unspecified atom stereocenters. The number of halogens is 1. The highest BCUT2D eigenvalue weighted by Gasteiger charge is 2.35. The van der Waals surface area contributed by atoms with E-state index < -0.39 is 6.10 Å². The number of hydrogen-bond acceptors (Lipinski definition) is 5. The summed E-state index contributed by atoms with van der Waals surface area (Å²) in [5, 5.41) is 10.0. The third-order valence-electron chi connectivity index (χ3n) is 7.85. The van der Waals surface area contributed by atoms with Crippen LogP contribution in [0.3, 0.4) is 0 Å². The molecular weight excluding hydrogens is 455 g/mol. The van der Waals surface area contributed by atoms with E-state index >= 15 is 0 Å². The summed E-state index contributed by atoms with van der Waals surface area (Å²) in [5.74, 6) is 1.33. The molecular formula is C28H29FN6O. The summed E-state index contributed by atoms with van der Waals surface area (Å²) >= 11 is 0. The van der Waals surface area contributed by atoms with Crippen molar-refractivity contribution in [2.75, 3.05) is 5.73 Å². The lowest BCUT2D eigenvalue weighted by Crippen LogP contribution is -2.18. The molecule has 0 spiro atoms. The molecule has 36 heavy (non-hydrogen) atoms. The normalized spacial score (nSPS) is 20.4. The van der Waals surface area contributed by atoms with Gasteiger partial charge in [0, 0.05) is 59.7 Å². The number of fused-ring (bicyclic) bond motifs is 7. The number of ether oxygens (including phenoxy) is 1. The molecule has 1 aliphatic carbocycles. The number of anilines is 1. The Balaban J connectivity index is 1.55. The fourth-order valence-electron chi connectivity index (χ4n) is 5.99. The van der Waals surface area contributed by atoms with E-state index in [2.05, 4.69) is 15.9 Å². The molecule has 4 aromatic rings. The van der Waals surface area contributed by atoms with Crippen molar-refractivity contribution in [2.24, 2.45) is 13.0 Å². The minimum absolute atomic E-state index is 0.118. The Morgan fingerprint density at radius 2 is 2.00 bits per heavy atom. The second kappa shape index (κ2) is 7.91. The maximum Gasteiger partial charge on any atom is 0.166 e. The lowest BCUT2D eigenvalue weighted by Gasteiger charge is -2.27. The molecule has 0 amide bonds. The van der Waals surface area contributed by atoms with Gasteiger partial charge < -0.3 is 10.5 Å². The summed E-state index contributed by atoms with van der Waals surface area (Å²) < 4.78 is 24.9. The lowest BCUT2D eigenvalue weighted by atomic mass is 9.83. The fourth-order valence-corrected chi connectivity index (χ4v) is 5.99. The molecule has 2 N–H and O–H groups in total. The lowest BCUT2D eigenvalue weighted by molar-refractivity contribution is 0.227. The largest absolute Gasteiger partial charge is 0.482 e. The average Bonchev–Trinajstić information content (AvgIpc) is 3.47. The molecule has 1 saturated carbocycles. The van der Waals surface area contributed by atoms with Crippen LogP contribution >= 0.6 is 0 Å². The van der Waals surface area contributed by atoms with Crippen molar-refractivity contribution in [1.29, 1.82) is 0 Å². The van der Waals surface area contributed by atoms with E-state index in [0.29, 0.717) is 17.5 Å². The number of hydrogen-bond donors (Lipinski definition) is 1. The molecule has 184 valence electrons. The molecule has 2 aliphatic heterocycles. The van der Waals surface area contributed by atoms with Crippen molar-refractivity contribution < 1.29 is 9.13 Å². The van der Waals surface area contributed by atoms with Crippen LogP contribution in [-0.2, 0) is 20.0 Å². The maximum absolute atomic E-state index is 14.5. The number of rotatable bonds is 2. The predicted octanol–water partition coefficient (Wildman–Crippen LogP) is 5.40. The minimum Gasteiger partial charge on any atom is -0.482 e. The van der Waals surface area contributed by atoms with Gasteiger partial charge in [0.05, 0.1) is 17.1 Å². The van der Waals surface area contributed by atoms with Gasteiger partial charge in [0.25, 0.3) is 0 Å². The molecule has 5 heterocycles. The van der Waals surface area contributed by atoms with Crippen molar-refractivity contribution in [2.45, 2.75) is 57.6 Å². The summed E-state index contributed by atoms with van der Waals surface area (Å²) in [7, 11) is 1.95. The number of pyridine rings is 1. The average molecular weight is 485 g/mol. The van der Waals surface area contributed by atoms with Crippen molar-refractivity contribution in [3.05, 3.63) is 65.0 Å². The van der Waals surface area contributed by atoms with Gasteiger partial charge in [0.1, 0.15) is 11.9 Å². The standard InChI is InChI=1S/C28H29FN6O/c1-15-21-12-18(29)7-8-19(21)26-22(14-34(2)33-26)20-4-3-9-35-27(20)25(23(32-35)10-16-5-6-16)17-11-24(36-15)28(30)31-13-17/h7-8,11-16,20H,3-6,9-10H2,1-2H3,(H2,30,31)/t15-,20-/m1/s1. The van der Waals surface area contributed by atoms with Crippen molar-refractivity contribution in [1.82, 2.24) is 24.5 Å². The van der Waals surface area contributed by atoms with E-state index in [0.717, 1.165) is 65.0 Å². The fraction of sp³-hybridized carbons (Fsp3) is 0.393. The summed E-state index contributed by atoms with van der Waals surface area (Å²) in [6, 6.07) is 6.85. The van der Waals surface area contributed by atoms with Gasteiger partial charge in [-0.15, -0.1) is 0 Å². The first-order valence-corrected chi connectivity index (χ1v) is 12.8. The van der Waals surface area contributed by atoms with Crippen LogP contribution in [0.25, 0.3) is 22.4 Å². The zero-order chi connectivity index (χ0) is 24.6. The molecule has 2 bridgehead atoms. The summed E-state index contributed by atoms with van der Waals surface area (Å²) in [6.07, 6.45) is 9.04. The van der Waals surface area contributed by atoms with Gasteiger partial charge in [-0.2, -0.15) is 10.2 Å². The van der Waals surface area contributed by atoms with E-state index in [1.54, 1.807) is 6.07 Å². The van der Waals surface area contributed by atoms with Crippen molar-refractivity contribution in [3.8, 4) is 28.1 Å². The van der Waals surface area contributed by atoms with Crippen LogP contribution < -0.4 is 10.5 Å². The molecule has 7 rings (SSSR count). The Kier molecular flexibility index (Phi) is 4.75. The molecule has 1 aromatic carbocycles. The van der Waals surface area contributed by atoms with Crippen LogP contribution in [0.2, 0.25) is 0 Å². The summed E-state index contributed by atoms with van der Waals surface area (Å²) in [5.41, 5.74) is 14.4. The quantitative estimate of drug-likeness (QED) is 0.412.